The first-order valence-corrected chi connectivity index (χ1v) is 6.01. The van der Waals surface area contributed by atoms with Crippen molar-refractivity contribution in [3.05, 3.63) is 28.5 Å². The summed E-state index contributed by atoms with van der Waals surface area (Å²) < 4.78 is 0.978. The Balaban J connectivity index is 2.30. The third-order valence-corrected chi connectivity index (χ3v) is 3.41. The van der Waals surface area contributed by atoms with Crippen molar-refractivity contribution in [2.45, 2.75) is 18.8 Å². The summed E-state index contributed by atoms with van der Waals surface area (Å²) in [5.74, 6) is 7.61. The molecule has 1 fully saturated rings. The summed E-state index contributed by atoms with van der Waals surface area (Å²) in [6, 6.07) is 5.89. The number of hydrogen-bond donors (Lipinski definition) is 2. The third kappa shape index (κ3) is 1.56. The number of nitrogens with zero attached hydrogens (tertiary/aromatic N) is 2. The zero-order valence-corrected chi connectivity index (χ0v) is 10.2. The highest BCUT2D eigenvalue weighted by molar-refractivity contribution is 9.10. The predicted molar refractivity (Wildman–Crippen MR) is 67.0 cm³/mol. The van der Waals surface area contributed by atoms with Crippen molar-refractivity contribution in [1.82, 2.24) is 9.97 Å². The first-order valence-electron chi connectivity index (χ1n) is 5.22. The number of rotatable bonds is 2. The number of hydrazine groups is 1. The van der Waals surface area contributed by atoms with Crippen LogP contribution >= 0.6 is 15.9 Å². The van der Waals surface area contributed by atoms with E-state index in [-0.39, 0.29) is 0 Å². The topological polar surface area (TPSA) is 63.8 Å². The van der Waals surface area contributed by atoms with Crippen LogP contribution < -0.4 is 11.3 Å². The van der Waals surface area contributed by atoms with Crippen LogP contribution in [0.1, 0.15) is 24.6 Å². The largest absolute Gasteiger partial charge is 0.308 e. The SMILES string of the molecule is NNc1nc(C2CC2)nc2c(Br)cccc12. The molecule has 1 aliphatic rings. The zero-order chi connectivity index (χ0) is 11.1. The van der Waals surface area contributed by atoms with E-state index in [2.05, 4.69) is 31.3 Å². The molecule has 0 bridgehead atoms. The van der Waals surface area contributed by atoms with Gasteiger partial charge in [-0.3, -0.25) is 0 Å². The number of anilines is 1. The Labute approximate surface area is 101 Å². The molecule has 0 amide bonds. The van der Waals surface area contributed by atoms with E-state index in [9.17, 15) is 0 Å². The lowest BCUT2D eigenvalue weighted by molar-refractivity contribution is 0.945. The van der Waals surface area contributed by atoms with Crippen molar-refractivity contribution in [1.29, 1.82) is 0 Å². The number of nitrogen functional groups attached to an aromatic ring is 1. The van der Waals surface area contributed by atoms with Crippen LogP contribution in [0.3, 0.4) is 0 Å². The fraction of sp³-hybridized carbons (Fsp3) is 0.273. The van der Waals surface area contributed by atoms with Gasteiger partial charge in [0.05, 0.1) is 5.52 Å². The highest BCUT2D eigenvalue weighted by atomic mass is 79.9. The molecule has 1 heterocycles. The highest BCUT2D eigenvalue weighted by Crippen LogP contribution is 2.39. The van der Waals surface area contributed by atoms with Crippen LogP contribution in [-0.2, 0) is 0 Å². The van der Waals surface area contributed by atoms with Crippen molar-refractivity contribution >= 4 is 32.7 Å². The fourth-order valence-electron chi connectivity index (χ4n) is 1.77. The number of benzene rings is 1. The van der Waals surface area contributed by atoms with Crippen LogP contribution in [0.25, 0.3) is 10.9 Å². The molecular formula is C11H11BrN4. The van der Waals surface area contributed by atoms with Gasteiger partial charge < -0.3 is 5.43 Å². The number of halogens is 1. The van der Waals surface area contributed by atoms with E-state index in [1.807, 2.05) is 18.2 Å². The molecule has 1 aromatic heterocycles. The lowest BCUT2D eigenvalue weighted by Crippen LogP contribution is -2.11. The van der Waals surface area contributed by atoms with Crippen LogP contribution in [0.5, 0.6) is 0 Å². The summed E-state index contributed by atoms with van der Waals surface area (Å²) in [4.78, 5) is 9.05. The van der Waals surface area contributed by atoms with E-state index in [1.54, 1.807) is 0 Å². The third-order valence-electron chi connectivity index (χ3n) is 2.77. The van der Waals surface area contributed by atoms with E-state index < -0.39 is 0 Å². The maximum Gasteiger partial charge on any atom is 0.151 e. The molecule has 0 spiro atoms. The monoisotopic (exact) mass is 278 g/mol. The molecule has 3 N–H and O–H groups in total. The summed E-state index contributed by atoms with van der Waals surface area (Å²) in [7, 11) is 0. The van der Waals surface area contributed by atoms with Crippen molar-refractivity contribution in [3.63, 3.8) is 0 Å². The van der Waals surface area contributed by atoms with Crippen molar-refractivity contribution in [2.24, 2.45) is 5.84 Å². The maximum atomic E-state index is 5.50. The minimum atomic E-state index is 0.517. The molecule has 16 heavy (non-hydrogen) atoms. The van der Waals surface area contributed by atoms with Crippen LogP contribution in [0, 0.1) is 0 Å². The van der Waals surface area contributed by atoms with Gasteiger partial charge in [0.2, 0.25) is 0 Å². The van der Waals surface area contributed by atoms with Crippen molar-refractivity contribution in [2.75, 3.05) is 5.43 Å². The zero-order valence-electron chi connectivity index (χ0n) is 8.57. The fourth-order valence-corrected chi connectivity index (χ4v) is 2.22. The normalized spacial score (nSPS) is 15.4. The first kappa shape index (κ1) is 9.99. The molecule has 0 radical (unpaired) electrons. The summed E-state index contributed by atoms with van der Waals surface area (Å²) in [5, 5.41) is 0.946. The highest BCUT2D eigenvalue weighted by Gasteiger charge is 2.27. The van der Waals surface area contributed by atoms with Gasteiger partial charge in [-0.25, -0.2) is 15.8 Å². The molecular weight excluding hydrogens is 268 g/mol. The molecule has 1 saturated carbocycles. The lowest BCUT2D eigenvalue weighted by Gasteiger charge is -2.08. The summed E-state index contributed by atoms with van der Waals surface area (Å²) in [5.41, 5.74) is 3.57. The molecule has 2 aromatic rings. The molecule has 82 valence electrons. The van der Waals surface area contributed by atoms with Gasteiger partial charge in [-0.05, 0) is 40.9 Å². The summed E-state index contributed by atoms with van der Waals surface area (Å²) in [6.07, 6.45) is 2.36. The van der Waals surface area contributed by atoms with E-state index in [1.165, 1.54) is 12.8 Å². The Morgan fingerprint density at radius 2 is 2.12 bits per heavy atom. The Morgan fingerprint density at radius 3 is 2.81 bits per heavy atom. The van der Waals surface area contributed by atoms with E-state index in [4.69, 9.17) is 5.84 Å². The van der Waals surface area contributed by atoms with Gasteiger partial charge >= 0.3 is 0 Å². The van der Waals surface area contributed by atoms with Gasteiger partial charge in [0.25, 0.3) is 0 Å². The molecule has 0 aliphatic heterocycles. The van der Waals surface area contributed by atoms with Gasteiger partial charge in [0.15, 0.2) is 5.82 Å². The van der Waals surface area contributed by atoms with Gasteiger partial charge in [-0.15, -0.1) is 0 Å². The van der Waals surface area contributed by atoms with Crippen LogP contribution in [0.2, 0.25) is 0 Å². The van der Waals surface area contributed by atoms with Crippen molar-refractivity contribution < 1.29 is 0 Å². The van der Waals surface area contributed by atoms with Gasteiger partial charge in [-0.2, -0.15) is 0 Å². The Kier molecular flexibility index (Phi) is 2.29. The van der Waals surface area contributed by atoms with Crippen LogP contribution in [0.4, 0.5) is 5.82 Å². The molecule has 0 atom stereocenters. The molecule has 1 aromatic carbocycles. The number of para-hydroxylation sites is 1. The van der Waals surface area contributed by atoms with Crippen molar-refractivity contribution in [3.8, 4) is 0 Å². The second kappa shape index (κ2) is 3.68. The molecule has 5 heteroatoms. The lowest BCUT2D eigenvalue weighted by atomic mass is 10.2. The number of hydrogen-bond acceptors (Lipinski definition) is 4. The number of nitrogens with one attached hydrogen (secondary N) is 1. The second-order valence-electron chi connectivity index (χ2n) is 3.99. The standard InChI is InChI=1S/C11H11BrN4/c12-8-3-1-2-7-9(8)14-10(6-4-5-6)15-11(7)16-13/h1-3,6H,4-5,13H2,(H,14,15,16). The maximum absolute atomic E-state index is 5.50. The van der Waals surface area contributed by atoms with Gasteiger partial charge in [-0.1, -0.05) is 6.07 Å². The average molecular weight is 279 g/mol. The Hall–Kier alpha value is -1.20. The minimum Gasteiger partial charge on any atom is -0.308 e. The molecule has 1 aliphatic carbocycles. The average Bonchev–Trinajstić information content (AvgIpc) is 3.12. The van der Waals surface area contributed by atoms with Gasteiger partial charge in [0.1, 0.15) is 5.82 Å². The van der Waals surface area contributed by atoms with E-state index in [0.29, 0.717) is 11.7 Å². The molecule has 0 saturated heterocycles. The summed E-state index contributed by atoms with van der Waals surface area (Å²) >= 11 is 3.51. The van der Waals surface area contributed by atoms with E-state index >= 15 is 0 Å². The van der Waals surface area contributed by atoms with Crippen LogP contribution in [0.15, 0.2) is 22.7 Å². The molecule has 4 nitrogen and oxygen atoms in total. The number of aromatic nitrogens is 2. The number of nitrogens with two attached hydrogens (primary N) is 1. The quantitative estimate of drug-likeness (QED) is 0.655. The first-order chi connectivity index (χ1) is 7.79. The van der Waals surface area contributed by atoms with Gasteiger partial charge in [0, 0.05) is 15.8 Å². The Bertz CT molecular complexity index is 551. The summed E-state index contributed by atoms with van der Waals surface area (Å²) in [6.45, 7) is 0. The van der Waals surface area contributed by atoms with Crippen LogP contribution in [-0.4, -0.2) is 9.97 Å². The Morgan fingerprint density at radius 1 is 1.31 bits per heavy atom. The van der Waals surface area contributed by atoms with E-state index in [0.717, 1.165) is 21.2 Å². The molecule has 0 unspecified atom stereocenters. The predicted octanol–water partition coefficient (Wildman–Crippen LogP) is 2.56. The number of fused-ring (bicyclic) bond motifs is 1. The minimum absolute atomic E-state index is 0.517. The molecule has 3 rings (SSSR count). The smallest absolute Gasteiger partial charge is 0.151 e. The second-order valence-corrected chi connectivity index (χ2v) is 4.84.